The van der Waals surface area contributed by atoms with Gasteiger partial charge in [0.2, 0.25) is 0 Å². The molecule has 0 N–H and O–H groups in total. The Balaban J connectivity index is 1.77. The summed E-state index contributed by atoms with van der Waals surface area (Å²) in [6.07, 6.45) is 8.15. The Kier molecular flexibility index (Phi) is 5.47. The zero-order chi connectivity index (χ0) is 13.3. The molecule has 0 fully saturated rings. The fourth-order valence-corrected chi connectivity index (χ4v) is 1.84. The van der Waals surface area contributed by atoms with Gasteiger partial charge in [0.15, 0.2) is 0 Å². The molecule has 2 aromatic rings. The van der Waals surface area contributed by atoms with Gasteiger partial charge in [-0.2, -0.15) is 0 Å². The number of aromatic nitrogens is 2. The first-order valence-electron chi connectivity index (χ1n) is 6.36. The second-order valence-corrected chi connectivity index (χ2v) is 4.34. The third kappa shape index (κ3) is 4.77. The van der Waals surface area contributed by atoms with Crippen molar-refractivity contribution in [1.29, 1.82) is 0 Å². The third-order valence-corrected chi connectivity index (χ3v) is 2.84. The van der Waals surface area contributed by atoms with E-state index in [-0.39, 0.29) is 12.7 Å². The van der Waals surface area contributed by atoms with Gasteiger partial charge in [0.05, 0.1) is 12.7 Å². The van der Waals surface area contributed by atoms with Gasteiger partial charge < -0.3 is 4.74 Å². The van der Waals surface area contributed by atoms with Crippen molar-refractivity contribution in [2.75, 3.05) is 13.2 Å². The average Bonchev–Trinajstić information content (AvgIpc) is 2.48. The van der Waals surface area contributed by atoms with Crippen LogP contribution < -0.4 is 0 Å². The number of rotatable bonds is 7. The number of hydrogen-bond acceptors (Lipinski definition) is 3. The standard InChI is InChI=1S/C15H17N2O2/c18-12-15(9-14-4-2-7-17-11-14)19-8-5-13-3-1-6-16-10-13/h1-4,6-7,10-11,15H,5,8-9,12H2. The number of ether oxygens (including phenoxy) is 1. The summed E-state index contributed by atoms with van der Waals surface area (Å²) in [6.45, 7) is 0.306. The van der Waals surface area contributed by atoms with Gasteiger partial charge in [-0.05, 0) is 29.7 Å². The molecule has 0 aliphatic heterocycles. The molecule has 0 aromatic carbocycles. The first-order chi connectivity index (χ1) is 9.38. The van der Waals surface area contributed by atoms with Crippen LogP contribution in [0.15, 0.2) is 49.1 Å². The van der Waals surface area contributed by atoms with Crippen LogP contribution >= 0.6 is 0 Å². The highest BCUT2D eigenvalue weighted by Gasteiger charge is 2.09. The largest absolute Gasteiger partial charge is 0.375 e. The molecule has 1 unspecified atom stereocenters. The summed E-state index contributed by atoms with van der Waals surface area (Å²) < 4.78 is 5.63. The molecule has 1 atom stereocenters. The summed E-state index contributed by atoms with van der Waals surface area (Å²) in [5.41, 5.74) is 2.15. The van der Waals surface area contributed by atoms with Crippen LogP contribution in [-0.4, -0.2) is 29.3 Å². The van der Waals surface area contributed by atoms with E-state index in [1.54, 1.807) is 18.6 Å². The minimum Gasteiger partial charge on any atom is -0.375 e. The predicted octanol–water partition coefficient (Wildman–Crippen LogP) is 2.08. The molecule has 0 aliphatic carbocycles. The maximum atomic E-state index is 11.1. The van der Waals surface area contributed by atoms with E-state index in [1.807, 2.05) is 30.5 Å². The second kappa shape index (κ2) is 7.61. The molecule has 19 heavy (non-hydrogen) atoms. The summed E-state index contributed by atoms with van der Waals surface area (Å²) in [7, 11) is 0. The number of nitrogens with zero attached hydrogens (tertiary/aromatic N) is 2. The number of pyridine rings is 2. The third-order valence-electron chi connectivity index (χ3n) is 2.84. The van der Waals surface area contributed by atoms with Crippen LogP contribution in [0.3, 0.4) is 0 Å². The quantitative estimate of drug-likeness (QED) is 0.763. The van der Waals surface area contributed by atoms with E-state index in [0.29, 0.717) is 13.0 Å². The average molecular weight is 257 g/mol. The van der Waals surface area contributed by atoms with E-state index in [4.69, 9.17) is 4.74 Å². The second-order valence-electron chi connectivity index (χ2n) is 4.34. The summed E-state index contributed by atoms with van der Waals surface area (Å²) >= 11 is 0. The normalized spacial score (nSPS) is 12.3. The van der Waals surface area contributed by atoms with Crippen LogP contribution in [0.2, 0.25) is 0 Å². The van der Waals surface area contributed by atoms with Crippen molar-refractivity contribution in [3.63, 3.8) is 0 Å². The monoisotopic (exact) mass is 257 g/mol. The van der Waals surface area contributed by atoms with E-state index in [0.717, 1.165) is 17.5 Å². The topological polar surface area (TPSA) is 54.9 Å². The summed E-state index contributed by atoms with van der Waals surface area (Å²) in [5.74, 6) is 0. The van der Waals surface area contributed by atoms with Gasteiger partial charge in [-0.3, -0.25) is 9.97 Å². The van der Waals surface area contributed by atoms with Gasteiger partial charge in [-0.1, -0.05) is 12.1 Å². The van der Waals surface area contributed by atoms with Crippen LogP contribution in [0.1, 0.15) is 11.1 Å². The Morgan fingerprint density at radius 1 is 1.05 bits per heavy atom. The molecule has 2 heterocycles. The van der Waals surface area contributed by atoms with E-state index in [1.165, 1.54) is 0 Å². The molecular formula is C15H17N2O2. The molecular weight excluding hydrogens is 240 g/mol. The fraction of sp³-hybridized carbons (Fsp3) is 0.333. The molecule has 99 valence electrons. The van der Waals surface area contributed by atoms with Crippen molar-refractivity contribution in [2.45, 2.75) is 18.9 Å². The van der Waals surface area contributed by atoms with Crippen LogP contribution in [0, 0.1) is 0 Å². The maximum absolute atomic E-state index is 11.1. The number of hydrogen-bond donors (Lipinski definition) is 0. The Bertz CT molecular complexity index is 462. The maximum Gasteiger partial charge on any atom is 0.109 e. The smallest absolute Gasteiger partial charge is 0.109 e. The van der Waals surface area contributed by atoms with Crippen molar-refractivity contribution < 1.29 is 9.84 Å². The van der Waals surface area contributed by atoms with E-state index in [2.05, 4.69) is 9.97 Å². The van der Waals surface area contributed by atoms with Crippen molar-refractivity contribution >= 4 is 0 Å². The van der Waals surface area contributed by atoms with Crippen molar-refractivity contribution in [3.8, 4) is 0 Å². The minimum atomic E-state index is -0.291. The van der Waals surface area contributed by atoms with Crippen LogP contribution in [0.25, 0.3) is 0 Å². The highest BCUT2D eigenvalue weighted by molar-refractivity contribution is 5.10. The van der Waals surface area contributed by atoms with Gasteiger partial charge in [0, 0.05) is 31.2 Å². The van der Waals surface area contributed by atoms with Crippen LogP contribution in [0.4, 0.5) is 0 Å². The lowest BCUT2D eigenvalue weighted by Gasteiger charge is -2.14. The highest BCUT2D eigenvalue weighted by Crippen LogP contribution is 2.06. The van der Waals surface area contributed by atoms with Gasteiger partial charge in [-0.25, -0.2) is 5.11 Å². The van der Waals surface area contributed by atoms with E-state index in [9.17, 15) is 5.11 Å². The summed E-state index contributed by atoms with van der Waals surface area (Å²) in [5, 5.41) is 11.1. The molecule has 0 aliphatic rings. The summed E-state index contributed by atoms with van der Waals surface area (Å²) in [4.78, 5) is 8.08. The zero-order valence-corrected chi connectivity index (χ0v) is 10.7. The van der Waals surface area contributed by atoms with E-state index >= 15 is 0 Å². The first-order valence-corrected chi connectivity index (χ1v) is 6.36. The molecule has 4 nitrogen and oxygen atoms in total. The van der Waals surface area contributed by atoms with E-state index < -0.39 is 0 Å². The van der Waals surface area contributed by atoms with Crippen molar-refractivity contribution in [2.24, 2.45) is 0 Å². The van der Waals surface area contributed by atoms with Gasteiger partial charge in [-0.15, -0.1) is 0 Å². The molecule has 1 radical (unpaired) electrons. The lowest BCUT2D eigenvalue weighted by Crippen LogP contribution is -2.21. The molecule has 0 saturated heterocycles. The first kappa shape index (κ1) is 13.6. The lowest BCUT2D eigenvalue weighted by molar-refractivity contribution is -0.00690. The molecule has 4 heteroatoms. The molecule has 0 spiro atoms. The summed E-state index contributed by atoms with van der Waals surface area (Å²) in [6, 6.07) is 7.73. The minimum absolute atomic E-state index is 0.234. The van der Waals surface area contributed by atoms with Crippen LogP contribution in [0.5, 0.6) is 0 Å². The highest BCUT2D eigenvalue weighted by atomic mass is 16.5. The Hall–Kier alpha value is -1.78. The Morgan fingerprint density at radius 3 is 2.32 bits per heavy atom. The van der Waals surface area contributed by atoms with Crippen molar-refractivity contribution in [3.05, 3.63) is 60.2 Å². The van der Waals surface area contributed by atoms with Crippen molar-refractivity contribution in [1.82, 2.24) is 9.97 Å². The molecule has 2 rings (SSSR count). The van der Waals surface area contributed by atoms with Crippen LogP contribution in [-0.2, 0) is 22.7 Å². The Morgan fingerprint density at radius 2 is 1.74 bits per heavy atom. The Labute approximate surface area is 113 Å². The fourth-order valence-electron chi connectivity index (χ4n) is 1.84. The van der Waals surface area contributed by atoms with Gasteiger partial charge in [0.25, 0.3) is 0 Å². The van der Waals surface area contributed by atoms with Gasteiger partial charge in [0.1, 0.15) is 6.61 Å². The molecule has 0 saturated carbocycles. The SMILES string of the molecule is [O]CC(Cc1cccnc1)OCCc1cccnc1. The predicted molar refractivity (Wildman–Crippen MR) is 71.2 cm³/mol. The zero-order valence-electron chi connectivity index (χ0n) is 10.7. The molecule has 0 bridgehead atoms. The van der Waals surface area contributed by atoms with Gasteiger partial charge >= 0.3 is 0 Å². The lowest BCUT2D eigenvalue weighted by atomic mass is 10.1. The molecule has 2 aromatic heterocycles. The molecule has 0 amide bonds.